The molecule has 98 valence electrons. The third-order valence-corrected chi connectivity index (χ3v) is 2.38. The van der Waals surface area contributed by atoms with Gasteiger partial charge in [-0.1, -0.05) is 30.3 Å². The minimum Gasteiger partial charge on any atom is -0.481 e. The van der Waals surface area contributed by atoms with Crippen molar-refractivity contribution in [2.75, 3.05) is 6.61 Å². The van der Waals surface area contributed by atoms with Crippen LogP contribution in [0.15, 0.2) is 30.3 Å². The molecule has 0 amide bonds. The Hall–Kier alpha value is -1.88. The third kappa shape index (κ3) is 5.45. The predicted molar refractivity (Wildman–Crippen MR) is 66.0 cm³/mol. The largest absolute Gasteiger partial charge is 0.481 e. The molecular weight excluding hydrogens is 234 g/mol. The van der Waals surface area contributed by atoms with Crippen LogP contribution in [0, 0.1) is 0 Å². The fourth-order valence-electron chi connectivity index (χ4n) is 1.45. The lowest BCUT2D eigenvalue weighted by molar-refractivity contribution is -0.146. The summed E-state index contributed by atoms with van der Waals surface area (Å²) in [7, 11) is 0. The lowest BCUT2D eigenvalue weighted by atomic mass is 10.1. The van der Waals surface area contributed by atoms with Crippen molar-refractivity contribution in [2.45, 2.75) is 25.3 Å². The van der Waals surface area contributed by atoms with Crippen LogP contribution in [0.5, 0.6) is 0 Å². The summed E-state index contributed by atoms with van der Waals surface area (Å²) in [6, 6.07) is 8.70. The first-order valence-corrected chi connectivity index (χ1v) is 5.77. The van der Waals surface area contributed by atoms with Crippen molar-refractivity contribution in [1.29, 1.82) is 0 Å². The highest BCUT2D eigenvalue weighted by Gasteiger charge is 2.15. The van der Waals surface area contributed by atoms with Gasteiger partial charge in [0.1, 0.15) is 6.04 Å². The van der Waals surface area contributed by atoms with Gasteiger partial charge < -0.3 is 15.6 Å². The zero-order valence-corrected chi connectivity index (χ0v) is 10.0. The highest BCUT2D eigenvalue weighted by molar-refractivity contribution is 5.75. The van der Waals surface area contributed by atoms with Gasteiger partial charge in [-0.3, -0.25) is 9.59 Å². The molecule has 18 heavy (non-hydrogen) atoms. The minimum absolute atomic E-state index is 0.0127. The molecule has 0 saturated heterocycles. The van der Waals surface area contributed by atoms with E-state index in [1.54, 1.807) is 0 Å². The van der Waals surface area contributed by atoms with Gasteiger partial charge in [0.2, 0.25) is 0 Å². The average Bonchev–Trinajstić information content (AvgIpc) is 2.35. The summed E-state index contributed by atoms with van der Waals surface area (Å²) in [5.74, 6) is -1.40. The number of carbonyl (C=O) groups is 2. The van der Waals surface area contributed by atoms with Gasteiger partial charge in [0, 0.05) is 6.42 Å². The number of carboxylic acids is 1. The number of carboxylic acid groups (broad SMARTS) is 1. The number of benzene rings is 1. The lowest BCUT2D eigenvalue weighted by Crippen LogP contribution is -2.34. The number of esters is 1. The Morgan fingerprint density at radius 3 is 2.56 bits per heavy atom. The molecule has 0 fully saturated rings. The van der Waals surface area contributed by atoms with E-state index in [0.29, 0.717) is 12.8 Å². The van der Waals surface area contributed by atoms with Crippen molar-refractivity contribution in [3.63, 3.8) is 0 Å². The maximum Gasteiger partial charge on any atom is 0.323 e. The number of hydrogen-bond acceptors (Lipinski definition) is 4. The van der Waals surface area contributed by atoms with E-state index >= 15 is 0 Å². The molecule has 0 heterocycles. The molecule has 0 aliphatic heterocycles. The van der Waals surface area contributed by atoms with Crippen LogP contribution in [0.1, 0.15) is 18.4 Å². The second kappa shape index (κ2) is 7.45. The second-order valence-corrected chi connectivity index (χ2v) is 3.96. The van der Waals surface area contributed by atoms with E-state index in [9.17, 15) is 9.59 Å². The standard InChI is InChI=1S/C13H17NO4/c14-11(9-10-5-2-1-3-6-10)13(17)18-8-4-7-12(15)16/h1-3,5-6,11H,4,7-9,14H2,(H,15,16). The van der Waals surface area contributed by atoms with Gasteiger partial charge in [-0.25, -0.2) is 0 Å². The van der Waals surface area contributed by atoms with Crippen LogP contribution in [0.4, 0.5) is 0 Å². The zero-order valence-electron chi connectivity index (χ0n) is 10.0. The zero-order chi connectivity index (χ0) is 13.4. The third-order valence-electron chi connectivity index (χ3n) is 2.38. The first-order chi connectivity index (χ1) is 8.59. The van der Waals surface area contributed by atoms with E-state index in [-0.39, 0.29) is 13.0 Å². The maximum atomic E-state index is 11.5. The normalized spacial score (nSPS) is 11.8. The van der Waals surface area contributed by atoms with E-state index in [1.165, 1.54) is 0 Å². The molecule has 0 aliphatic carbocycles. The number of nitrogens with two attached hydrogens (primary N) is 1. The summed E-state index contributed by atoms with van der Waals surface area (Å²) in [4.78, 5) is 21.8. The van der Waals surface area contributed by atoms with Crippen molar-refractivity contribution in [3.05, 3.63) is 35.9 Å². The molecule has 1 atom stereocenters. The quantitative estimate of drug-likeness (QED) is 0.556. The van der Waals surface area contributed by atoms with E-state index in [4.69, 9.17) is 15.6 Å². The highest BCUT2D eigenvalue weighted by atomic mass is 16.5. The number of ether oxygens (including phenoxy) is 1. The highest BCUT2D eigenvalue weighted by Crippen LogP contribution is 2.03. The van der Waals surface area contributed by atoms with Gasteiger partial charge in [-0.05, 0) is 18.4 Å². The Kier molecular flexibility index (Phi) is 5.87. The first kappa shape index (κ1) is 14.2. The van der Waals surface area contributed by atoms with Gasteiger partial charge >= 0.3 is 11.9 Å². The van der Waals surface area contributed by atoms with Crippen molar-refractivity contribution in [1.82, 2.24) is 0 Å². The molecule has 5 nitrogen and oxygen atoms in total. The SMILES string of the molecule is NC(Cc1ccccc1)C(=O)OCCCC(=O)O. The van der Waals surface area contributed by atoms with Gasteiger partial charge in [-0.2, -0.15) is 0 Å². The first-order valence-electron chi connectivity index (χ1n) is 5.77. The van der Waals surface area contributed by atoms with Crippen molar-refractivity contribution in [2.24, 2.45) is 5.73 Å². The molecule has 0 spiro atoms. The maximum absolute atomic E-state index is 11.5. The summed E-state index contributed by atoms with van der Waals surface area (Å²) in [6.07, 6.45) is 0.707. The van der Waals surface area contributed by atoms with Crippen LogP contribution in [-0.2, 0) is 20.7 Å². The van der Waals surface area contributed by atoms with E-state index in [2.05, 4.69) is 0 Å². The molecule has 1 aromatic carbocycles. The molecule has 0 radical (unpaired) electrons. The van der Waals surface area contributed by atoms with Gasteiger partial charge in [-0.15, -0.1) is 0 Å². The molecule has 0 aliphatic rings. The van der Waals surface area contributed by atoms with E-state index in [0.717, 1.165) is 5.56 Å². The fourth-order valence-corrected chi connectivity index (χ4v) is 1.45. The minimum atomic E-state index is -0.903. The average molecular weight is 251 g/mol. The number of carbonyl (C=O) groups excluding carboxylic acids is 1. The summed E-state index contributed by atoms with van der Waals surface area (Å²) in [5, 5.41) is 8.42. The molecule has 0 saturated carbocycles. The van der Waals surface area contributed by atoms with Crippen LogP contribution in [-0.4, -0.2) is 29.7 Å². The molecule has 1 unspecified atom stereocenters. The Balaban J connectivity index is 2.27. The summed E-state index contributed by atoms with van der Waals surface area (Å²) >= 11 is 0. The van der Waals surface area contributed by atoms with Crippen LogP contribution in [0.25, 0.3) is 0 Å². The molecule has 3 N–H and O–H groups in total. The van der Waals surface area contributed by atoms with E-state index < -0.39 is 18.0 Å². The fraction of sp³-hybridized carbons (Fsp3) is 0.385. The Bertz CT molecular complexity index is 391. The topological polar surface area (TPSA) is 89.6 Å². The van der Waals surface area contributed by atoms with Crippen LogP contribution < -0.4 is 5.73 Å². The molecule has 0 bridgehead atoms. The van der Waals surface area contributed by atoms with Crippen molar-refractivity contribution < 1.29 is 19.4 Å². The smallest absolute Gasteiger partial charge is 0.323 e. The van der Waals surface area contributed by atoms with Gasteiger partial charge in [0.15, 0.2) is 0 Å². The summed E-state index contributed by atoms with van der Waals surface area (Å²) in [5.41, 5.74) is 6.67. The lowest BCUT2D eigenvalue weighted by Gasteiger charge is -2.11. The number of hydrogen-bond donors (Lipinski definition) is 2. The van der Waals surface area contributed by atoms with Gasteiger partial charge in [0.25, 0.3) is 0 Å². The number of rotatable bonds is 7. The molecule has 1 aromatic rings. The van der Waals surface area contributed by atoms with Crippen molar-refractivity contribution >= 4 is 11.9 Å². The Morgan fingerprint density at radius 1 is 1.28 bits per heavy atom. The van der Waals surface area contributed by atoms with Gasteiger partial charge in [0.05, 0.1) is 6.61 Å². The van der Waals surface area contributed by atoms with Crippen LogP contribution in [0.3, 0.4) is 0 Å². The Morgan fingerprint density at radius 2 is 1.94 bits per heavy atom. The van der Waals surface area contributed by atoms with E-state index in [1.807, 2.05) is 30.3 Å². The second-order valence-electron chi connectivity index (χ2n) is 3.96. The summed E-state index contributed by atoms with van der Waals surface area (Å²) in [6.45, 7) is 0.0909. The van der Waals surface area contributed by atoms with Crippen LogP contribution in [0.2, 0.25) is 0 Å². The molecular formula is C13H17NO4. The Labute approximate surface area is 106 Å². The molecule has 5 heteroatoms. The predicted octanol–water partition coefficient (Wildman–Crippen LogP) is 0.964. The molecule has 0 aromatic heterocycles. The summed E-state index contributed by atoms with van der Waals surface area (Å²) < 4.78 is 4.90. The molecule has 1 rings (SSSR count). The number of aliphatic carboxylic acids is 1. The van der Waals surface area contributed by atoms with Crippen molar-refractivity contribution in [3.8, 4) is 0 Å². The van der Waals surface area contributed by atoms with Crippen LogP contribution >= 0.6 is 0 Å². The monoisotopic (exact) mass is 251 g/mol.